The Balaban J connectivity index is 0.000000300. The van der Waals surface area contributed by atoms with Crippen LogP contribution in [0.1, 0.15) is 33.6 Å². The van der Waals surface area contributed by atoms with Gasteiger partial charge in [-0.1, -0.05) is 13.8 Å². The zero-order valence-electron chi connectivity index (χ0n) is 11.3. The summed E-state index contributed by atoms with van der Waals surface area (Å²) in [5, 5.41) is 27.4. The maximum Gasteiger partial charge on any atom is 0.309 e. The van der Waals surface area contributed by atoms with Gasteiger partial charge in [-0.05, 0) is 25.2 Å². The molecule has 0 aliphatic heterocycles. The molecule has 2 rings (SSSR count). The Morgan fingerprint density at radius 1 is 1.21 bits per heavy atom. The van der Waals surface area contributed by atoms with Crippen molar-refractivity contribution in [1.29, 1.82) is 0 Å². The molecule has 1 aromatic heterocycles. The number of nitrogens with one attached hydrogen (secondary N) is 1. The number of hydrogen-bond acceptors (Lipinski definition) is 4. The highest BCUT2D eigenvalue weighted by Gasteiger charge is 2.58. The van der Waals surface area contributed by atoms with Crippen molar-refractivity contribution in [3.8, 4) is 0 Å². The molecule has 1 aliphatic carbocycles. The van der Waals surface area contributed by atoms with E-state index in [0.717, 1.165) is 0 Å². The Hall–Kier alpha value is -1.92. The lowest BCUT2D eigenvalue weighted by molar-refractivity contribution is -0.157. The van der Waals surface area contributed by atoms with Crippen LogP contribution in [0.15, 0.2) is 12.4 Å². The monoisotopic (exact) mass is 269 g/mol. The van der Waals surface area contributed by atoms with Crippen LogP contribution in [0, 0.1) is 16.7 Å². The van der Waals surface area contributed by atoms with E-state index in [1.807, 2.05) is 0 Å². The molecule has 0 aromatic carbocycles. The van der Waals surface area contributed by atoms with Gasteiger partial charge < -0.3 is 10.2 Å². The van der Waals surface area contributed by atoms with Gasteiger partial charge in [0.2, 0.25) is 0 Å². The number of carboxylic acid groups (broad SMARTS) is 2. The summed E-state index contributed by atoms with van der Waals surface area (Å²) in [6, 6.07) is 0. The van der Waals surface area contributed by atoms with Gasteiger partial charge in [0, 0.05) is 0 Å². The standard InChI is InChI=1S/C10H16O4.C2H3N3/c1-9(2)6(7(11)12)4-5-10(9,3)8(13)14;1-2-4-5-3-1/h6H,4-5H2,1-3H3,(H,11,12)(H,13,14);1-2H,(H,3,4,5). The average molecular weight is 269 g/mol. The van der Waals surface area contributed by atoms with E-state index in [1.54, 1.807) is 33.2 Å². The first kappa shape index (κ1) is 15.1. The molecule has 1 fully saturated rings. The molecule has 2 atom stereocenters. The van der Waals surface area contributed by atoms with Crippen molar-refractivity contribution in [3.05, 3.63) is 12.4 Å². The van der Waals surface area contributed by atoms with E-state index in [1.165, 1.54) is 0 Å². The highest BCUT2D eigenvalue weighted by molar-refractivity contribution is 5.80. The molecular formula is C12H19N3O4. The Bertz CT molecular complexity index is 427. The summed E-state index contributed by atoms with van der Waals surface area (Å²) in [6.07, 6.45) is 4.05. The zero-order chi connectivity index (χ0) is 14.7. The van der Waals surface area contributed by atoms with Crippen LogP contribution in [0.2, 0.25) is 0 Å². The van der Waals surface area contributed by atoms with Gasteiger partial charge in [-0.25, -0.2) is 0 Å². The Morgan fingerprint density at radius 2 is 1.74 bits per heavy atom. The van der Waals surface area contributed by atoms with Crippen LogP contribution in [0.4, 0.5) is 0 Å². The molecule has 1 heterocycles. The summed E-state index contributed by atoms with van der Waals surface area (Å²) in [4.78, 5) is 22.0. The molecule has 0 saturated heterocycles. The first-order chi connectivity index (χ1) is 8.73. The van der Waals surface area contributed by atoms with E-state index in [2.05, 4.69) is 15.4 Å². The molecule has 19 heavy (non-hydrogen) atoms. The van der Waals surface area contributed by atoms with E-state index in [-0.39, 0.29) is 0 Å². The number of carboxylic acids is 2. The highest BCUT2D eigenvalue weighted by atomic mass is 16.4. The summed E-state index contributed by atoms with van der Waals surface area (Å²) >= 11 is 0. The second kappa shape index (κ2) is 5.38. The quantitative estimate of drug-likeness (QED) is 0.747. The molecule has 1 saturated carbocycles. The van der Waals surface area contributed by atoms with Crippen molar-refractivity contribution in [1.82, 2.24) is 15.4 Å². The number of aromatic amines is 1. The molecule has 0 spiro atoms. The van der Waals surface area contributed by atoms with Crippen LogP contribution in [-0.2, 0) is 9.59 Å². The first-order valence-electron chi connectivity index (χ1n) is 5.99. The topological polar surface area (TPSA) is 116 Å². The number of nitrogens with zero attached hydrogens (tertiary/aromatic N) is 2. The molecule has 1 aliphatic rings. The second-order valence-corrected chi connectivity index (χ2v) is 5.44. The fourth-order valence-corrected chi connectivity index (χ4v) is 2.48. The van der Waals surface area contributed by atoms with Crippen molar-refractivity contribution >= 4 is 11.9 Å². The summed E-state index contributed by atoms with van der Waals surface area (Å²) in [5.41, 5.74) is -1.61. The smallest absolute Gasteiger partial charge is 0.309 e. The van der Waals surface area contributed by atoms with E-state index in [9.17, 15) is 9.59 Å². The summed E-state index contributed by atoms with van der Waals surface area (Å²) < 4.78 is 0. The Kier molecular flexibility index (Phi) is 4.28. The predicted molar refractivity (Wildman–Crippen MR) is 66.3 cm³/mol. The number of hydrogen-bond donors (Lipinski definition) is 3. The minimum atomic E-state index is -0.921. The van der Waals surface area contributed by atoms with E-state index < -0.39 is 28.7 Å². The van der Waals surface area contributed by atoms with Crippen LogP contribution in [0.25, 0.3) is 0 Å². The molecule has 0 amide bonds. The summed E-state index contributed by atoms with van der Waals surface area (Å²) in [7, 11) is 0. The van der Waals surface area contributed by atoms with Gasteiger partial charge in [0.25, 0.3) is 0 Å². The van der Waals surface area contributed by atoms with Crippen LogP contribution < -0.4 is 0 Å². The minimum absolute atomic E-state index is 0.437. The third-order valence-corrected chi connectivity index (χ3v) is 4.33. The summed E-state index contributed by atoms with van der Waals surface area (Å²) in [6.45, 7) is 5.10. The maximum absolute atomic E-state index is 11.1. The van der Waals surface area contributed by atoms with Crippen molar-refractivity contribution in [2.24, 2.45) is 16.7 Å². The number of carbonyl (C=O) groups is 2. The molecule has 7 heteroatoms. The molecule has 106 valence electrons. The van der Waals surface area contributed by atoms with Gasteiger partial charge in [0.15, 0.2) is 0 Å². The summed E-state index contributed by atoms with van der Waals surface area (Å²) in [5.74, 6) is -2.34. The van der Waals surface area contributed by atoms with Crippen molar-refractivity contribution in [2.45, 2.75) is 33.6 Å². The fraction of sp³-hybridized carbons (Fsp3) is 0.667. The molecule has 2 unspecified atom stereocenters. The van der Waals surface area contributed by atoms with E-state index in [0.29, 0.717) is 12.8 Å². The largest absolute Gasteiger partial charge is 0.481 e. The third kappa shape index (κ3) is 2.74. The van der Waals surface area contributed by atoms with Gasteiger partial charge in [0.1, 0.15) is 0 Å². The molecule has 7 nitrogen and oxygen atoms in total. The lowest BCUT2D eigenvalue weighted by Gasteiger charge is -2.36. The first-order valence-corrected chi connectivity index (χ1v) is 5.99. The zero-order valence-corrected chi connectivity index (χ0v) is 11.3. The minimum Gasteiger partial charge on any atom is -0.481 e. The fourth-order valence-electron chi connectivity index (χ4n) is 2.48. The lowest BCUT2D eigenvalue weighted by Crippen LogP contribution is -2.42. The van der Waals surface area contributed by atoms with E-state index >= 15 is 0 Å². The van der Waals surface area contributed by atoms with Crippen molar-refractivity contribution in [2.75, 3.05) is 0 Å². The van der Waals surface area contributed by atoms with Gasteiger partial charge in [-0.15, -0.1) is 0 Å². The number of aliphatic carboxylic acids is 2. The van der Waals surface area contributed by atoms with Gasteiger partial charge in [-0.3, -0.25) is 9.59 Å². The van der Waals surface area contributed by atoms with Gasteiger partial charge >= 0.3 is 11.9 Å². The molecule has 1 aromatic rings. The van der Waals surface area contributed by atoms with Gasteiger partial charge in [-0.2, -0.15) is 15.4 Å². The highest BCUT2D eigenvalue weighted by Crippen LogP contribution is 2.56. The van der Waals surface area contributed by atoms with Gasteiger partial charge in [0.05, 0.1) is 23.7 Å². The van der Waals surface area contributed by atoms with E-state index in [4.69, 9.17) is 10.2 Å². The number of H-pyrrole nitrogens is 1. The maximum atomic E-state index is 11.1. The number of rotatable bonds is 2. The molecular weight excluding hydrogens is 250 g/mol. The average Bonchev–Trinajstić information content (AvgIpc) is 2.91. The van der Waals surface area contributed by atoms with Crippen LogP contribution in [0.5, 0.6) is 0 Å². The molecule has 0 radical (unpaired) electrons. The predicted octanol–water partition coefficient (Wildman–Crippen LogP) is 1.40. The third-order valence-electron chi connectivity index (χ3n) is 4.33. The Labute approximate surface area is 111 Å². The van der Waals surface area contributed by atoms with Crippen LogP contribution in [0.3, 0.4) is 0 Å². The van der Waals surface area contributed by atoms with Crippen molar-refractivity contribution in [3.63, 3.8) is 0 Å². The Morgan fingerprint density at radius 3 is 1.95 bits per heavy atom. The normalized spacial score (nSPS) is 28.3. The van der Waals surface area contributed by atoms with Crippen LogP contribution in [-0.4, -0.2) is 37.6 Å². The van der Waals surface area contributed by atoms with Crippen LogP contribution >= 0.6 is 0 Å². The SMILES string of the molecule is CC1(C(=O)O)CCC(C(=O)O)C1(C)C.c1cn[nH]n1. The lowest BCUT2D eigenvalue weighted by atomic mass is 9.66. The second-order valence-electron chi connectivity index (χ2n) is 5.44. The van der Waals surface area contributed by atoms with Crippen molar-refractivity contribution < 1.29 is 19.8 Å². The molecule has 0 bridgehead atoms. The number of aromatic nitrogens is 3. The molecule has 3 N–H and O–H groups in total.